The van der Waals surface area contributed by atoms with Crippen molar-refractivity contribution in [2.75, 3.05) is 0 Å². The maximum atomic E-state index is 12.7. The molecule has 1 aromatic heterocycles. The molecule has 8 heteroatoms. The van der Waals surface area contributed by atoms with Crippen LogP contribution in [-0.2, 0) is 6.18 Å². The molecule has 3 rings (SSSR count). The fourth-order valence-electron chi connectivity index (χ4n) is 2.02. The zero-order valence-corrected chi connectivity index (χ0v) is 10.6. The number of benzene rings is 1. The van der Waals surface area contributed by atoms with Gasteiger partial charge in [-0.15, -0.1) is 5.10 Å². The second-order valence-corrected chi connectivity index (χ2v) is 4.83. The molecule has 1 saturated carbocycles. The van der Waals surface area contributed by atoms with Gasteiger partial charge in [0.2, 0.25) is 0 Å². The first-order valence-corrected chi connectivity index (χ1v) is 6.24. The highest BCUT2D eigenvalue weighted by atomic mass is 19.4. The lowest BCUT2D eigenvalue weighted by Gasteiger charge is -2.09. The van der Waals surface area contributed by atoms with E-state index in [1.54, 1.807) is 0 Å². The molecule has 1 aromatic carbocycles. The Morgan fingerprint density at radius 3 is 2.62 bits per heavy atom. The number of nitrogens with zero attached hydrogens (tertiary/aromatic N) is 3. The zero-order valence-electron chi connectivity index (χ0n) is 10.6. The van der Waals surface area contributed by atoms with Gasteiger partial charge >= 0.3 is 12.1 Å². The SMILES string of the molecule is O=C(O)c1nc(C2CC2)n(-c2cccc(C(F)(F)F)c2)n1. The van der Waals surface area contributed by atoms with Gasteiger partial charge in [-0.2, -0.15) is 13.2 Å². The minimum Gasteiger partial charge on any atom is -0.475 e. The third-order valence-corrected chi connectivity index (χ3v) is 3.18. The van der Waals surface area contributed by atoms with Crippen molar-refractivity contribution in [3.63, 3.8) is 0 Å². The van der Waals surface area contributed by atoms with E-state index in [9.17, 15) is 18.0 Å². The first-order valence-electron chi connectivity index (χ1n) is 6.24. The highest BCUT2D eigenvalue weighted by Crippen LogP contribution is 2.40. The van der Waals surface area contributed by atoms with Crippen LogP contribution in [0.1, 0.15) is 40.8 Å². The van der Waals surface area contributed by atoms with Crippen molar-refractivity contribution in [3.05, 3.63) is 41.5 Å². The van der Waals surface area contributed by atoms with E-state index in [-0.39, 0.29) is 11.6 Å². The van der Waals surface area contributed by atoms with Crippen molar-refractivity contribution >= 4 is 5.97 Å². The maximum absolute atomic E-state index is 12.7. The van der Waals surface area contributed by atoms with Gasteiger partial charge < -0.3 is 5.11 Å². The van der Waals surface area contributed by atoms with Crippen LogP contribution in [0.2, 0.25) is 0 Å². The van der Waals surface area contributed by atoms with E-state index >= 15 is 0 Å². The number of halogens is 3. The molecule has 1 heterocycles. The average Bonchev–Trinajstić information content (AvgIpc) is 3.16. The van der Waals surface area contributed by atoms with Crippen LogP contribution in [0, 0.1) is 0 Å². The van der Waals surface area contributed by atoms with Gasteiger partial charge in [0.1, 0.15) is 5.82 Å². The van der Waals surface area contributed by atoms with Crippen LogP contribution in [0.4, 0.5) is 13.2 Å². The van der Waals surface area contributed by atoms with E-state index in [1.165, 1.54) is 16.8 Å². The lowest BCUT2D eigenvalue weighted by Crippen LogP contribution is -2.08. The molecule has 0 saturated heterocycles. The predicted molar refractivity (Wildman–Crippen MR) is 65.3 cm³/mol. The van der Waals surface area contributed by atoms with Crippen LogP contribution < -0.4 is 0 Å². The van der Waals surface area contributed by atoms with Crippen molar-refractivity contribution in [1.29, 1.82) is 0 Å². The summed E-state index contributed by atoms with van der Waals surface area (Å²) in [4.78, 5) is 14.9. The second kappa shape index (κ2) is 4.57. The molecule has 21 heavy (non-hydrogen) atoms. The summed E-state index contributed by atoms with van der Waals surface area (Å²) >= 11 is 0. The number of hydrogen-bond acceptors (Lipinski definition) is 3. The van der Waals surface area contributed by atoms with Crippen LogP contribution in [-0.4, -0.2) is 25.8 Å². The van der Waals surface area contributed by atoms with Gasteiger partial charge in [0.15, 0.2) is 0 Å². The number of carboxylic acids is 1. The van der Waals surface area contributed by atoms with Gasteiger partial charge in [0, 0.05) is 5.92 Å². The fraction of sp³-hybridized carbons (Fsp3) is 0.308. The molecule has 0 unspecified atom stereocenters. The third-order valence-electron chi connectivity index (χ3n) is 3.18. The van der Waals surface area contributed by atoms with E-state index in [0.717, 1.165) is 25.0 Å². The molecule has 0 atom stereocenters. The zero-order chi connectivity index (χ0) is 15.2. The number of carboxylic acid groups (broad SMARTS) is 1. The summed E-state index contributed by atoms with van der Waals surface area (Å²) in [5.41, 5.74) is -0.652. The van der Waals surface area contributed by atoms with E-state index in [2.05, 4.69) is 10.1 Å². The summed E-state index contributed by atoms with van der Waals surface area (Å²) in [5.74, 6) is -1.26. The molecule has 0 aliphatic heterocycles. The smallest absolute Gasteiger partial charge is 0.416 e. The van der Waals surface area contributed by atoms with E-state index in [1.807, 2.05) is 0 Å². The Kier molecular flexibility index (Phi) is 2.96. The van der Waals surface area contributed by atoms with Gasteiger partial charge in [-0.1, -0.05) is 6.07 Å². The molecular formula is C13H10F3N3O2. The van der Waals surface area contributed by atoms with Crippen LogP contribution in [0.3, 0.4) is 0 Å². The summed E-state index contributed by atoms with van der Waals surface area (Å²) in [6, 6.07) is 4.60. The number of aromatic nitrogens is 3. The quantitative estimate of drug-likeness (QED) is 0.946. The van der Waals surface area contributed by atoms with Crippen LogP contribution in [0.25, 0.3) is 5.69 Å². The van der Waals surface area contributed by atoms with Crippen molar-refractivity contribution in [1.82, 2.24) is 14.8 Å². The van der Waals surface area contributed by atoms with Crippen molar-refractivity contribution in [2.24, 2.45) is 0 Å². The molecule has 2 aromatic rings. The van der Waals surface area contributed by atoms with Gasteiger partial charge in [0.25, 0.3) is 5.82 Å². The second-order valence-electron chi connectivity index (χ2n) is 4.83. The molecule has 1 aliphatic carbocycles. The number of rotatable bonds is 3. The summed E-state index contributed by atoms with van der Waals surface area (Å²) in [6.07, 6.45) is -2.81. The molecule has 0 radical (unpaired) electrons. The molecule has 110 valence electrons. The van der Waals surface area contributed by atoms with Gasteiger partial charge in [-0.25, -0.2) is 14.5 Å². The molecular weight excluding hydrogens is 287 g/mol. The predicted octanol–water partition coefficient (Wildman–Crippen LogP) is 2.86. The molecule has 1 aliphatic rings. The molecule has 5 nitrogen and oxygen atoms in total. The lowest BCUT2D eigenvalue weighted by atomic mass is 10.2. The topological polar surface area (TPSA) is 68.0 Å². The van der Waals surface area contributed by atoms with Crippen molar-refractivity contribution in [2.45, 2.75) is 24.9 Å². The number of carbonyl (C=O) groups is 1. The largest absolute Gasteiger partial charge is 0.475 e. The highest BCUT2D eigenvalue weighted by molar-refractivity contribution is 5.83. The van der Waals surface area contributed by atoms with E-state index < -0.39 is 23.5 Å². The molecule has 1 N–H and O–H groups in total. The number of alkyl halides is 3. The Morgan fingerprint density at radius 1 is 1.33 bits per heavy atom. The number of aromatic carboxylic acids is 1. The van der Waals surface area contributed by atoms with Crippen LogP contribution in [0.15, 0.2) is 24.3 Å². The van der Waals surface area contributed by atoms with Gasteiger partial charge in [0.05, 0.1) is 11.3 Å². The highest BCUT2D eigenvalue weighted by Gasteiger charge is 2.33. The normalized spacial score (nSPS) is 15.2. The summed E-state index contributed by atoms with van der Waals surface area (Å²) in [7, 11) is 0. The average molecular weight is 297 g/mol. The first kappa shape index (κ1) is 13.6. The summed E-state index contributed by atoms with van der Waals surface area (Å²) in [5, 5.41) is 12.7. The molecule has 0 amide bonds. The summed E-state index contributed by atoms with van der Waals surface area (Å²) in [6.45, 7) is 0. The third kappa shape index (κ3) is 2.61. The van der Waals surface area contributed by atoms with Crippen LogP contribution >= 0.6 is 0 Å². The summed E-state index contributed by atoms with van der Waals surface area (Å²) < 4.78 is 39.4. The molecule has 0 spiro atoms. The maximum Gasteiger partial charge on any atom is 0.416 e. The fourth-order valence-corrected chi connectivity index (χ4v) is 2.02. The molecule has 0 bridgehead atoms. The van der Waals surface area contributed by atoms with Crippen molar-refractivity contribution in [3.8, 4) is 5.69 Å². The standard InChI is InChI=1S/C13H10F3N3O2/c14-13(15,16)8-2-1-3-9(6-8)19-11(7-4-5-7)17-10(18-19)12(20)21/h1-3,6-7H,4-5H2,(H,20,21). The molecule has 1 fully saturated rings. The van der Waals surface area contributed by atoms with Crippen LogP contribution in [0.5, 0.6) is 0 Å². The van der Waals surface area contributed by atoms with Crippen molar-refractivity contribution < 1.29 is 23.1 Å². The first-order chi connectivity index (χ1) is 9.86. The Balaban J connectivity index is 2.09. The Hall–Kier alpha value is -2.38. The number of hydrogen-bond donors (Lipinski definition) is 1. The van der Waals surface area contributed by atoms with Gasteiger partial charge in [-0.05, 0) is 31.0 Å². The Morgan fingerprint density at radius 2 is 2.05 bits per heavy atom. The lowest BCUT2D eigenvalue weighted by molar-refractivity contribution is -0.137. The van der Waals surface area contributed by atoms with E-state index in [0.29, 0.717) is 5.82 Å². The minimum atomic E-state index is -4.47. The monoisotopic (exact) mass is 297 g/mol. The Bertz CT molecular complexity index is 705. The van der Waals surface area contributed by atoms with E-state index in [4.69, 9.17) is 5.11 Å². The Labute approximate surface area is 117 Å². The minimum absolute atomic E-state index is 0.0557. The van der Waals surface area contributed by atoms with Gasteiger partial charge in [-0.3, -0.25) is 0 Å².